The molecule has 1 saturated carbocycles. The minimum atomic E-state index is -0.0981. The average Bonchev–Trinajstić information content (AvgIpc) is 2.43. The van der Waals surface area contributed by atoms with E-state index in [1.807, 2.05) is 0 Å². The van der Waals surface area contributed by atoms with Crippen molar-refractivity contribution in [2.45, 2.75) is 89.5 Å². The first-order valence-electron chi connectivity index (χ1n) is 8.09. The van der Waals surface area contributed by atoms with Gasteiger partial charge in [-0.2, -0.15) is 0 Å². The van der Waals surface area contributed by atoms with Crippen LogP contribution in [0.2, 0.25) is 0 Å². The summed E-state index contributed by atoms with van der Waals surface area (Å²) in [6, 6.07) is 0. The number of carbonyl (C=O) groups excluding carboxylic acids is 1. The van der Waals surface area contributed by atoms with Gasteiger partial charge in [-0.1, -0.05) is 58.3 Å². The first-order valence-corrected chi connectivity index (χ1v) is 8.63. The lowest BCUT2D eigenvalue weighted by atomic mass is 9.83. The molecule has 0 radical (unpaired) electrons. The van der Waals surface area contributed by atoms with E-state index in [1.54, 1.807) is 0 Å². The number of nitrogens with one attached hydrogen (secondary N) is 1. The zero-order valence-electron chi connectivity index (χ0n) is 12.5. The van der Waals surface area contributed by atoms with Crippen molar-refractivity contribution in [1.29, 1.82) is 0 Å². The van der Waals surface area contributed by atoms with Crippen LogP contribution in [0.4, 0.5) is 0 Å². The molecule has 0 heterocycles. The van der Waals surface area contributed by atoms with Crippen LogP contribution in [0.15, 0.2) is 0 Å². The molecule has 0 aromatic heterocycles. The van der Waals surface area contributed by atoms with Crippen molar-refractivity contribution < 1.29 is 4.79 Å². The van der Waals surface area contributed by atoms with E-state index < -0.39 is 0 Å². The van der Waals surface area contributed by atoms with Crippen LogP contribution in [0.5, 0.6) is 0 Å². The van der Waals surface area contributed by atoms with Crippen molar-refractivity contribution in [1.82, 2.24) is 5.32 Å². The van der Waals surface area contributed by atoms with Crippen LogP contribution >= 0.6 is 11.6 Å². The Morgan fingerprint density at radius 1 is 1.05 bits per heavy atom. The normalized spacial score (nSPS) is 18.2. The van der Waals surface area contributed by atoms with E-state index in [-0.39, 0.29) is 11.4 Å². The van der Waals surface area contributed by atoms with E-state index >= 15 is 0 Å². The zero-order chi connectivity index (χ0) is 14.0. The fourth-order valence-corrected chi connectivity index (χ4v) is 3.28. The number of alkyl halides is 1. The van der Waals surface area contributed by atoms with E-state index in [1.165, 1.54) is 51.4 Å². The molecule has 1 fully saturated rings. The molecule has 0 aromatic rings. The van der Waals surface area contributed by atoms with Gasteiger partial charge in [0.1, 0.15) is 0 Å². The van der Waals surface area contributed by atoms with Gasteiger partial charge in [-0.25, -0.2) is 0 Å². The summed E-state index contributed by atoms with van der Waals surface area (Å²) < 4.78 is 0. The van der Waals surface area contributed by atoms with Crippen LogP contribution in [0.25, 0.3) is 0 Å². The third kappa shape index (κ3) is 6.65. The number of rotatable bonds is 9. The first-order chi connectivity index (χ1) is 9.22. The van der Waals surface area contributed by atoms with Gasteiger partial charge >= 0.3 is 0 Å². The van der Waals surface area contributed by atoms with E-state index in [2.05, 4.69) is 12.2 Å². The number of amides is 1. The van der Waals surface area contributed by atoms with Crippen LogP contribution in [0.3, 0.4) is 0 Å². The molecule has 0 aromatic carbocycles. The Kier molecular flexibility index (Phi) is 8.52. The Labute approximate surface area is 123 Å². The topological polar surface area (TPSA) is 29.1 Å². The molecule has 1 N–H and O–H groups in total. The van der Waals surface area contributed by atoms with Gasteiger partial charge in [-0.15, -0.1) is 11.6 Å². The quantitative estimate of drug-likeness (QED) is 0.479. The second-order valence-corrected chi connectivity index (χ2v) is 6.31. The number of carbonyl (C=O) groups is 1. The highest BCUT2D eigenvalue weighted by molar-refractivity contribution is 6.18. The average molecular weight is 288 g/mol. The van der Waals surface area contributed by atoms with Crippen molar-refractivity contribution in [2.24, 2.45) is 0 Å². The predicted molar refractivity (Wildman–Crippen MR) is 82.7 cm³/mol. The smallest absolute Gasteiger partial charge is 0.220 e. The van der Waals surface area contributed by atoms with Gasteiger partial charge in [0.15, 0.2) is 0 Å². The zero-order valence-corrected chi connectivity index (χ0v) is 13.2. The highest BCUT2D eigenvalue weighted by Gasteiger charge is 2.32. The van der Waals surface area contributed by atoms with Crippen LogP contribution in [-0.4, -0.2) is 17.3 Å². The van der Waals surface area contributed by atoms with Crippen molar-refractivity contribution in [3.8, 4) is 0 Å². The van der Waals surface area contributed by atoms with Gasteiger partial charge in [0.05, 0.1) is 5.54 Å². The molecule has 0 bridgehead atoms. The van der Waals surface area contributed by atoms with Crippen molar-refractivity contribution in [3.05, 3.63) is 0 Å². The van der Waals surface area contributed by atoms with E-state index in [4.69, 9.17) is 11.6 Å². The summed E-state index contributed by atoms with van der Waals surface area (Å²) in [4.78, 5) is 12.0. The molecular weight excluding hydrogens is 258 g/mol. The highest BCUT2D eigenvalue weighted by Crippen LogP contribution is 2.29. The number of hydrogen-bond acceptors (Lipinski definition) is 1. The molecule has 2 nitrogen and oxygen atoms in total. The van der Waals surface area contributed by atoms with Gasteiger partial charge in [-0.05, 0) is 19.3 Å². The molecule has 0 aliphatic heterocycles. The molecule has 112 valence electrons. The van der Waals surface area contributed by atoms with Crippen LogP contribution in [-0.2, 0) is 4.79 Å². The monoisotopic (exact) mass is 287 g/mol. The molecule has 0 spiro atoms. The van der Waals surface area contributed by atoms with Gasteiger partial charge < -0.3 is 5.32 Å². The lowest BCUT2D eigenvalue weighted by molar-refractivity contribution is -0.123. The third-order valence-electron chi connectivity index (χ3n) is 4.23. The summed E-state index contributed by atoms with van der Waals surface area (Å²) in [7, 11) is 0. The molecule has 1 aliphatic carbocycles. The maximum absolute atomic E-state index is 12.0. The Hall–Kier alpha value is -0.240. The maximum atomic E-state index is 12.0. The Morgan fingerprint density at radius 2 is 1.68 bits per heavy atom. The largest absolute Gasteiger partial charge is 0.349 e. The number of unbranched alkanes of at least 4 members (excludes halogenated alkanes) is 5. The lowest BCUT2D eigenvalue weighted by Gasteiger charge is -2.36. The van der Waals surface area contributed by atoms with Gasteiger partial charge in [0.2, 0.25) is 5.91 Å². The van der Waals surface area contributed by atoms with E-state index in [0.29, 0.717) is 12.3 Å². The molecule has 1 amide bonds. The minimum absolute atomic E-state index is 0.0981. The summed E-state index contributed by atoms with van der Waals surface area (Å²) in [5, 5.41) is 3.21. The van der Waals surface area contributed by atoms with Crippen molar-refractivity contribution in [3.63, 3.8) is 0 Å². The first kappa shape index (κ1) is 16.8. The summed E-state index contributed by atoms with van der Waals surface area (Å²) >= 11 is 6.08. The summed E-state index contributed by atoms with van der Waals surface area (Å²) in [5.74, 6) is 0.771. The SMILES string of the molecule is CCCCCCCCC(=O)NC1(CCl)CCCCC1. The molecule has 1 rings (SSSR count). The third-order valence-corrected chi connectivity index (χ3v) is 4.74. The Bertz CT molecular complexity index is 249. The summed E-state index contributed by atoms with van der Waals surface area (Å²) in [6.45, 7) is 2.23. The summed E-state index contributed by atoms with van der Waals surface area (Å²) in [6.07, 6.45) is 13.8. The highest BCUT2D eigenvalue weighted by atomic mass is 35.5. The van der Waals surface area contributed by atoms with Crippen LogP contribution in [0, 0.1) is 0 Å². The fraction of sp³-hybridized carbons (Fsp3) is 0.938. The standard InChI is InChI=1S/C16H30ClNO/c1-2-3-4-5-6-8-11-15(19)18-16(14-17)12-9-7-10-13-16/h2-14H2,1H3,(H,18,19). The fourth-order valence-electron chi connectivity index (χ4n) is 2.94. The molecule has 0 unspecified atom stereocenters. The predicted octanol–water partition coefficient (Wildman–Crippen LogP) is 4.79. The second kappa shape index (κ2) is 9.63. The molecular formula is C16H30ClNO. The Morgan fingerprint density at radius 3 is 2.32 bits per heavy atom. The van der Waals surface area contributed by atoms with Crippen molar-refractivity contribution >= 4 is 17.5 Å². The Balaban J connectivity index is 2.15. The maximum Gasteiger partial charge on any atom is 0.220 e. The lowest BCUT2D eigenvalue weighted by Crippen LogP contribution is -2.51. The number of hydrogen-bond donors (Lipinski definition) is 1. The van der Waals surface area contributed by atoms with Crippen LogP contribution < -0.4 is 5.32 Å². The summed E-state index contributed by atoms with van der Waals surface area (Å²) in [5.41, 5.74) is -0.0981. The molecule has 1 aliphatic rings. The second-order valence-electron chi connectivity index (χ2n) is 6.04. The van der Waals surface area contributed by atoms with E-state index in [0.717, 1.165) is 19.3 Å². The molecule has 3 heteroatoms. The van der Waals surface area contributed by atoms with Crippen LogP contribution in [0.1, 0.15) is 84.0 Å². The van der Waals surface area contributed by atoms with Crippen molar-refractivity contribution in [2.75, 3.05) is 5.88 Å². The molecule has 0 atom stereocenters. The van der Waals surface area contributed by atoms with Gasteiger partial charge in [-0.3, -0.25) is 4.79 Å². The van der Waals surface area contributed by atoms with Gasteiger partial charge in [0.25, 0.3) is 0 Å². The van der Waals surface area contributed by atoms with Gasteiger partial charge in [0, 0.05) is 12.3 Å². The minimum Gasteiger partial charge on any atom is -0.349 e. The number of halogens is 1. The van der Waals surface area contributed by atoms with E-state index in [9.17, 15) is 4.79 Å². The molecule has 19 heavy (non-hydrogen) atoms. The molecule has 0 saturated heterocycles.